The van der Waals surface area contributed by atoms with Crippen LogP contribution in [0.25, 0.3) is 0 Å². The van der Waals surface area contributed by atoms with Crippen molar-refractivity contribution in [3.63, 3.8) is 0 Å². The molecule has 0 saturated heterocycles. The molecule has 0 saturated carbocycles. The van der Waals surface area contributed by atoms with Gasteiger partial charge in [0.2, 0.25) is 0 Å². The maximum atomic E-state index is 11.9. The lowest BCUT2D eigenvalue weighted by molar-refractivity contribution is -0.147. The Hall–Kier alpha value is -3.15. The van der Waals surface area contributed by atoms with E-state index in [1.807, 2.05) is 58.0 Å². The Bertz CT molecular complexity index is 874. The smallest absolute Gasteiger partial charge is 0.325 e. The molecule has 2 N–H and O–H groups in total. The van der Waals surface area contributed by atoms with Crippen LogP contribution in [0, 0.1) is 27.7 Å². The summed E-state index contributed by atoms with van der Waals surface area (Å²) >= 11 is 0. The molecule has 0 fully saturated rings. The Kier molecular flexibility index (Phi) is 6.71. The molecule has 0 heterocycles. The maximum Gasteiger partial charge on any atom is 0.325 e. The van der Waals surface area contributed by atoms with E-state index < -0.39 is 24.5 Å². The highest BCUT2D eigenvalue weighted by Crippen LogP contribution is 2.14. The molecule has 2 rings (SSSR count). The number of anilines is 1. The highest BCUT2D eigenvalue weighted by molar-refractivity contribution is 6.01. The topological polar surface area (TPSA) is 84.5 Å². The van der Waals surface area contributed by atoms with Gasteiger partial charge in [-0.3, -0.25) is 14.9 Å². The Morgan fingerprint density at radius 3 is 2.11 bits per heavy atom. The molecule has 0 aromatic heterocycles. The lowest BCUT2D eigenvalue weighted by Gasteiger charge is -2.09. The van der Waals surface area contributed by atoms with Crippen molar-refractivity contribution in [1.29, 1.82) is 0 Å². The predicted molar refractivity (Wildman–Crippen MR) is 104 cm³/mol. The first-order valence-corrected chi connectivity index (χ1v) is 8.64. The molecule has 0 atom stereocenters. The average Bonchev–Trinajstić information content (AvgIpc) is 2.59. The number of esters is 1. The van der Waals surface area contributed by atoms with Crippen molar-refractivity contribution >= 4 is 23.6 Å². The summed E-state index contributed by atoms with van der Waals surface area (Å²) in [4.78, 5) is 35.5. The summed E-state index contributed by atoms with van der Waals surface area (Å²) in [6.07, 6.45) is 0.0727. The number of benzene rings is 2. The molecule has 0 bridgehead atoms. The van der Waals surface area contributed by atoms with Crippen LogP contribution >= 0.6 is 0 Å². The second-order valence-corrected chi connectivity index (χ2v) is 6.56. The van der Waals surface area contributed by atoms with E-state index in [4.69, 9.17) is 4.74 Å². The predicted octanol–water partition coefficient (Wildman–Crippen LogP) is 3.35. The van der Waals surface area contributed by atoms with Gasteiger partial charge in [0.1, 0.15) is 0 Å². The van der Waals surface area contributed by atoms with Gasteiger partial charge in [-0.1, -0.05) is 24.3 Å². The molecule has 27 heavy (non-hydrogen) atoms. The molecule has 6 nitrogen and oxygen atoms in total. The number of aryl methyl sites for hydroxylation is 4. The molecule has 0 aliphatic carbocycles. The van der Waals surface area contributed by atoms with Gasteiger partial charge < -0.3 is 10.1 Å². The number of carbonyl (C=O) groups excluding carboxylic acids is 3. The molecule has 142 valence electrons. The van der Waals surface area contributed by atoms with E-state index >= 15 is 0 Å². The van der Waals surface area contributed by atoms with E-state index in [1.54, 1.807) is 6.07 Å². The number of carbonyl (C=O) groups is 3. The molecule has 3 amide bonds. The minimum absolute atomic E-state index is 0.0727. The number of imide groups is 1. The summed E-state index contributed by atoms with van der Waals surface area (Å²) in [5, 5.41) is 4.70. The normalized spacial score (nSPS) is 10.2. The molecular weight excluding hydrogens is 344 g/mol. The third-order valence-corrected chi connectivity index (χ3v) is 4.30. The highest BCUT2D eigenvalue weighted by atomic mass is 16.5. The first-order valence-electron chi connectivity index (χ1n) is 8.64. The zero-order valence-corrected chi connectivity index (χ0v) is 16.0. The van der Waals surface area contributed by atoms with Crippen molar-refractivity contribution < 1.29 is 19.1 Å². The van der Waals surface area contributed by atoms with E-state index in [0.29, 0.717) is 5.69 Å². The van der Waals surface area contributed by atoms with Crippen LogP contribution < -0.4 is 10.6 Å². The molecule has 0 unspecified atom stereocenters. The molecule has 2 aromatic rings. The van der Waals surface area contributed by atoms with E-state index in [9.17, 15) is 14.4 Å². The minimum atomic E-state index is -0.690. The van der Waals surface area contributed by atoms with E-state index in [-0.39, 0.29) is 6.42 Å². The van der Waals surface area contributed by atoms with Gasteiger partial charge in [-0.05, 0) is 67.6 Å². The minimum Gasteiger partial charge on any atom is -0.455 e. The molecule has 0 aliphatic heterocycles. The van der Waals surface area contributed by atoms with Gasteiger partial charge in [0.15, 0.2) is 6.61 Å². The number of ether oxygens (including phenoxy) is 1. The second kappa shape index (κ2) is 8.98. The zero-order chi connectivity index (χ0) is 20.0. The fourth-order valence-electron chi connectivity index (χ4n) is 2.42. The number of amides is 3. The third kappa shape index (κ3) is 6.26. The number of hydrogen-bond acceptors (Lipinski definition) is 4. The van der Waals surface area contributed by atoms with Gasteiger partial charge in [-0.25, -0.2) is 4.79 Å². The Morgan fingerprint density at radius 2 is 1.48 bits per heavy atom. The largest absolute Gasteiger partial charge is 0.455 e. The summed E-state index contributed by atoms with van der Waals surface area (Å²) in [6, 6.07) is 10.4. The van der Waals surface area contributed by atoms with Crippen molar-refractivity contribution in [3.05, 3.63) is 64.2 Å². The van der Waals surface area contributed by atoms with Gasteiger partial charge in [-0.2, -0.15) is 0 Å². The summed E-state index contributed by atoms with van der Waals surface area (Å²) in [5.74, 6) is -1.22. The third-order valence-electron chi connectivity index (χ3n) is 4.30. The van der Waals surface area contributed by atoms with Gasteiger partial charge in [-0.15, -0.1) is 0 Å². The van der Waals surface area contributed by atoms with Crippen molar-refractivity contribution in [1.82, 2.24) is 5.32 Å². The standard InChI is InChI=1S/C21H24N2O4/c1-13-5-7-17(9-15(13)3)11-20(25)27-12-19(24)23-21(26)22-18-8-6-14(2)16(4)10-18/h5-10H,11-12H2,1-4H3,(H2,22,23,24,26). The molecule has 0 radical (unpaired) electrons. The summed E-state index contributed by atoms with van der Waals surface area (Å²) in [6.45, 7) is 7.34. The van der Waals surface area contributed by atoms with Gasteiger partial charge in [0.05, 0.1) is 6.42 Å². The lowest BCUT2D eigenvalue weighted by Crippen LogP contribution is -2.37. The average molecular weight is 368 g/mol. The molecular formula is C21H24N2O4. The van der Waals surface area contributed by atoms with Crippen LogP contribution in [-0.2, 0) is 20.7 Å². The van der Waals surface area contributed by atoms with Crippen LogP contribution in [0.2, 0.25) is 0 Å². The molecule has 6 heteroatoms. The fourth-order valence-corrected chi connectivity index (χ4v) is 2.42. The second-order valence-electron chi connectivity index (χ2n) is 6.56. The monoisotopic (exact) mass is 368 g/mol. The number of nitrogens with one attached hydrogen (secondary N) is 2. The number of hydrogen-bond donors (Lipinski definition) is 2. The van der Waals surface area contributed by atoms with E-state index in [1.165, 1.54) is 0 Å². The van der Waals surface area contributed by atoms with Gasteiger partial charge >= 0.3 is 12.0 Å². The highest BCUT2D eigenvalue weighted by Gasteiger charge is 2.12. The number of rotatable bonds is 5. The zero-order valence-electron chi connectivity index (χ0n) is 16.0. The van der Waals surface area contributed by atoms with Crippen molar-refractivity contribution in [2.45, 2.75) is 34.1 Å². The molecule has 2 aromatic carbocycles. The van der Waals surface area contributed by atoms with Crippen molar-refractivity contribution in [2.75, 3.05) is 11.9 Å². The van der Waals surface area contributed by atoms with E-state index in [2.05, 4.69) is 10.6 Å². The first-order chi connectivity index (χ1) is 12.7. The SMILES string of the molecule is Cc1ccc(CC(=O)OCC(=O)NC(=O)Nc2ccc(C)c(C)c2)cc1C. The van der Waals surface area contributed by atoms with Crippen LogP contribution in [0.15, 0.2) is 36.4 Å². The van der Waals surface area contributed by atoms with Gasteiger partial charge in [0.25, 0.3) is 5.91 Å². The van der Waals surface area contributed by atoms with Crippen LogP contribution in [0.5, 0.6) is 0 Å². The fraction of sp³-hybridized carbons (Fsp3) is 0.286. The van der Waals surface area contributed by atoms with Gasteiger partial charge in [0, 0.05) is 5.69 Å². The Morgan fingerprint density at radius 1 is 0.852 bits per heavy atom. The molecule has 0 spiro atoms. The Balaban J connectivity index is 1.77. The maximum absolute atomic E-state index is 11.9. The number of urea groups is 1. The van der Waals surface area contributed by atoms with Crippen molar-refractivity contribution in [3.8, 4) is 0 Å². The lowest BCUT2D eigenvalue weighted by atomic mass is 10.0. The Labute approximate surface area is 158 Å². The summed E-state index contributed by atoms with van der Waals surface area (Å²) in [7, 11) is 0. The summed E-state index contributed by atoms with van der Waals surface area (Å²) < 4.78 is 4.93. The van der Waals surface area contributed by atoms with Crippen LogP contribution in [-0.4, -0.2) is 24.5 Å². The van der Waals surface area contributed by atoms with E-state index in [0.717, 1.165) is 27.8 Å². The molecule has 0 aliphatic rings. The quantitative estimate of drug-likeness (QED) is 0.793. The van der Waals surface area contributed by atoms with Crippen LogP contribution in [0.4, 0.5) is 10.5 Å². The first kappa shape index (κ1) is 20.2. The van der Waals surface area contributed by atoms with Crippen LogP contribution in [0.1, 0.15) is 27.8 Å². The summed E-state index contributed by atoms with van der Waals surface area (Å²) in [5.41, 5.74) is 5.75. The van der Waals surface area contributed by atoms with Crippen molar-refractivity contribution in [2.24, 2.45) is 0 Å². The van der Waals surface area contributed by atoms with Crippen LogP contribution in [0.3, 0.4) is 0 Å².